The van der Waals surface area contributed by atoms with Crippen LogP contribution in [0.4, 0.5) is 5.82 Å². The number of nitrogen functional groups attached to an aromatic ring is 1. The number of rotatable bonds is 5. The number of pyridine rings is 1. The number of aryl methyl sites for hydroxylation is 1. The van der Waals surface area contributed by atoms with Gasteiger partial charge >= 0.3 is 5.97 Å². The molecule has 0 aromatic carbocycles. The summed E-state index contributed by atoms with van der Waals surface area (Å²) in [5.41, 5.74) is 6.57. The molecule has 0 fully saturated rings. The van der Waals surface area contributed by atoms with Gasteiger partial charge in [-0.15, -0.1) is 0 Å². The van der Waals surface area contributed by atoms with Gasteiger partial charge in [-0.1, -0.05) is 6.07 Å². The minimum atomic E-state index is -0.370. The highest BCUT2D eigenvalue weighted by Gasteiger charge is 2.00. The van der Waals surface area contributed by atoms with Crippen molar-refractivity contribution in [2.45, 2.75) is 25.7 Å². The minimum absolute atomic E-state index is 0.360. The van der Waals surface area contributed by atoms with E-state index in [1.807, 2.05) is 6.07 Å². The van der Waals surface area contributed by atoms with E-state index in [1.54, 1.807) is 12.3 Å². The van der Waals surface area contributed by atoms with Gasteiger partial charge in [-0.3, -0.25) is 4.79 Å². The zero-order valence-corrected chi connectivity index (χ0v) is 8.48. The molecule has 5 nitrogen and oxygen atoms in total. The molecule has 0 unspecified atom stereocenters. The van der Waals surface area contributed by atoms with Gasteiger partial charge in [0.25, 0.3) is 0 Å². The Morgan fingerprint density at radius 2 is 2.20 bits per heavy atom. The summed E-state index contributed by atoms with van der Waals surface area (Å²) in [6.07, 6.45) is 4.65. The second-order valence-corrected chi connectivity index (χ2v) is 3.29. The number of hydrogen-bond donors (Lipinski definition) is 2. The van der Waals surface area contributed by atoms with Gasteiger partial charge in [0.2, 0.25) is 0 Å². The maximum Gasteiger partial charge on any atom is 0.324 e. The number of nitrogens with two attached hydrogens (primary N) is 2. The number of carbonyl (C=O) groups is 1. The van der Waals surface area contributed by atoms with Crippen LogP contribution in [-0.2, 0) is 16.1 Å². The third kappa shape index (κ3) is 4.42. The summed E-state index contributed by atoms with van der Waals surface area (Å²) < 4.78 is 0. The zero-order valence-electron chi connectivity index (χ0n) is 8.48. The van der Waals surface area contributed by atoms with Crippen molar-refractivity contribution < 1.29 is 9.63 Å². The highest BCUT2D eigenvalue weighted by atomic mass is 16.7. The first kappa shape index (κ1) is 11.5. The van der Waals surface area contributed by atoms with E-state index in [2.05, 4.69) is 9.82 Å². The molecule has 82 valence electrons. The van der Waals surface area contributed by atoms with Gasteiger partial charge in [0.05, 0.1) is 0 Å². The van der Waals surface area contributed by atoms with E-state index in [-0.39, 0.29) is 5.97 Å². The maximum absolute atomic E-state index is 10.7. The first-order valence-electron chi connectivity index (χ1n) is 4.82. The molecule has 1 aromatic rings. The molecule has 5 heteroatoms. The Kier molecular flexibility index (Phi) is 4.56. The van der Waals surface area contributed by atoms with Gasteiger partial charge in [-0.05, 0) is 30.9 Å². The fourth-order valence-corrected chi connectivity index (χ4v) is 1.24. The van der Waals surface area contributed by atoms with E-state index in [4.69, 9.17) is 11.6 Å². The Hall–Kier alpha value is -1.62. The third-order valence-electron chi connectivity index (χ3n) is 2.08. The average Bonchev–Trinajstić information content (AvgIpc) is 2.26. The monoisotopic (exact) mass is 209 g/mol. The Morgan fingerprint density at radius 3 is 2.80 bits per heavy atom. The molecular formula is C10H15N3O2. The van der Waals surface area contributed by atoms with Gasteiger partial charge in [0.1, 0.15) is 5.82 Å². The summed E-state index contributed by atoms with van der Waals surface area (Å²) in [6.45, 7) is 0. The van der Waals surface area contributed by atoms with Crippen LogP contribution in [0.25, 0.3) is 0 Å². The van der Waals surface area contributed by atoms with Crippen LogP contribution in [0, 0.1) is 0 Å². The molecule has 4 N–H and O–H groups in total. The lowest BCUT2D eigenvalue weighted by Gasteiger charge is -2.01. The summed E-state index contributed by atoms with van der Waals surface area (Å²) in [6, 6.07) is 3.70. The predicted molar refractivity (Wildman–Crippen MR) is 56.5 cm³/mol. The largest absolute Gasteiger partial charge is 0.384 e. The van der Waals surface area contributed by atoms with Crippen molar-refractivity contribution in [2.75, 3.05) is 5.73 Å². The molecular weight excluding hydrogens is 194 g/mol. The average molecular weight is 209 g/mol. The molecule has 0 radical (unpaired) electrons. The number of anilines is 1. The molecule has 0 saturated carbocycles. The molecule has 1 aromatic heterocycles. The number of hydrogen-bond acceptors (Lipinski definition) is 5. The first-order chi connectivity index (χ1) is 7.22. The van der Waals surface area contributed by atoms with Crippen LogP contribution in [0.2, 0.25) is 0 Å². The lowest BCUT2D eigenvalue weighted by atomic mass is 10.1. The molecule has 0 aliphatic rings. The molecule has 0 spiro atoms. The lowest BCUT2D eigenvalue weighted by molar-refractivity contribution is -0.144. The summed E-state index contributed by atoms with van der Waals surface area (Å²) in [5.74, 6) is 4.86. The molecule has 0 amide bonds. The van der Waals surface area contributed by atoms with Crippen LogP contribution in [0.15, 0.2) is 18.3 Å². The topological polar surface area (TPSA) is 91.2 Å². The minimum Gasteiger partial charge on any atom is -0.384 e. The highest BCUT2D eigenvalue weighted by molar-refractivity contribution is 5.68. The first-order valence-corrected chi connectivity index (χ1v) is 4.82. The fourth-order valence-electron chi connectivity index (χ4n) is 1.24. The van der Waals surface area contributed by atoms with Gasteiger partial charge in [0.15, 0.2) is 0 Å². The number of aromatic nitrogens is 1. The molecule has 0 aliphatic heterocycles. The van der Waals surface area contributed by atoms with E-state index >= 15 is 0 Å². The molecule has 1 rings (SSSR count). The third-order valence-corrected chi connectivity index (χ3v) is 2.08. The second-order valence-electron chi connectivity index (χ2n) is 3.29. The standard InChI is InChI=1S/C10H15N3O2/c11-9-6-5-8(7-13-9)3-1-2-4-10(14)15-12/h5-7H,1-4,12H2,(H2,11,13). The van der Waals surface area contributed by atoms with Crippen molar-refractivity contribution >= 4 is 11.8 Å². The van der Waals surface area contributed by atoms with Crippen molar-refractivity contribution in [1.29, 1.82) is 0 Å². The molecule has 0 atom stereocenters. The van der Waals surface area contributed by atoms with Gasteiger partial charge in [-0.25, -0.2) is 4.98 Å². The lowest BCUT2D eigenvalue weighted by Crippen LogP contribution is -2.09. The Morgan fingerprint density at radius 1 is 1.40 bits per heavy atom. The molecule has 0 saturated heterocycles. The van der Waals surface area contributed by atoms with Gasteiger partial charge < -0.3 is 10.6 Å². The van der Waals surface area contributed by atoms with Crippen molar-refractivity contribution in [1.82, 2.24) is 4.98 Å². The maximum atomic E-state index is 10.7. The Bertz CT molecular complexity index is 311. The SMILES string of the molecule is NOC(=O)CCCCc1ccc(N)nc1. The van der Waals surface area contributed by atoms with E-state index < -0.39 is 0 Å². The smallest absolute Gasteiger partial charge is 0.324 e. The van der Waals surface area contributed by atoms with Crippen LogP contribution in [-0.4, -0.2) is 11.0 Å². The van der Waals surface area contributed by atoms with Crippen LogP contribution < -0.4 is 11.6 Å². The summed E-state index contributed by atoms with van der Waals surface area (Å²) >= 11 is 0. The van der Waals surface area contributed by atoms with Crippen LogP contribution in [0.5, 0.6) is 0 Å². The van der Waals surface area contributed by atoms with Crippen LogP contribution in [0.1, 0.15) is 24.8 Å². The van der Waals surface area contributed by atoms with E-state index in [1.165, 1.54) is 0 Å². The zero-order chi connectivity index (χ0) is 11.1. The van der Waals surface area contributed by atoms with Gasteiger partial charge in [0, 0.05) is 12.6 Å². The summed E-state index contributed by atoms with van der Waals surface area (Å²) in [7, 11) is 0. The molecule has 0 bridgehead atoms. The quantitative estimate of drug-likeness (QED) is 0.552. The number of carbonyl (C=O) groups excluding carboxylic acids is 1. The highest BCUT2D eigenvalue weighted by Crippen LogP contribution is 2.07. The Balaban J connectivity index is 2.20. The molecule has 1 heterocycles. The van der Waals surface area contributed by atoms with E-state index in [0.29, 0.717) is 12.2 Å². The number of unbranched alkanes of at least 4 members (excludes halogenated alkanes) is 1. The number of nitrogens with zero attached hydrogens (tertiary/aromatic N) is 1. The van der Waals surface area contributed by atoms with Crippen LogP contribution in [0.3, 0.4) is 0 Å². The predicted octanol–water partition coefficient (Wildman–Crippen LogP) is 0.793. The van der Waals surface area contributed by atoms with Gasteiger partial charge in [-0.2, -0.15) is 5.90 Å². The normalized spacial score (nSPS) is 9.93. The van der Waals surface area contributed by atoms with E-state index in [9.17, 15) is 4.79 Å². The molecule has 0 aliphatic carbocycles. The van der Waals surface area contributed by atoms with Crippen molar-refractivity contribution in [3.8, 4) is 0 Å². The Labute approximate surface area is 88.4 Å². The van der Waals surface area contributed by atoms with Crippen LogP contribution >= 0.6 is 0 Å². The van der Waals surface area contributed by atoms with Crippen molar-refractivity contribution in [3.05, 3.63) is 23.9 Å². The fraction of sp³-hybridized carbons (Fsp3) is 0.400. The van der Waals surface area contributed by atoms with Crippen molar-refractivity contribution in [3.63, 3.8) is 0 Å². The van der Waals surface area contributed by atoms with Crippen molar-refractivity contribution in [2.24, 2.45) is 5.90 Å². The van der Waals surface area contributed by atoms with E-state index in [0.717, 1.165) is 24.8 Å². The summed E-state index contributed by atoms with van der Waals surface area (Å²) in [5, 5.41) is 0. The second kappa shape index (κ2) is 5.98. The summed E-state index contributed by atoms with van der Waals surface area (Å²) in [4.78, 5) is 18.7. The molecule has 15 heavy (non-hydrogen) atoms.